The van der Waals surface area contributed by atoms with Gasteiger partial charge in [-0.1, -0.05) is 48.0 Å². The molecule has 2 heterocycles. The van der Waals surface area contributed by atoms with Gasteiger partial charge in [0.2, 0.25) is 0 Å². The summed E-state index contributed by atoms with van der Waals surface area (Å²) in [4.78, 5) is 9.69. The van der Waals surface area contributed by atoms with Crippen molar-refractivity contribution in [3.63, 3.8) is 0 Å². The van der Waals surface area contributed by atoms with Crippen LogP contribution in [0.1, 0.15) is 0 Å². The van der Waals surface area contributed by atoms with Crippen LogP contribution in [0.3, 0.4) is 0 Å². The Morgan fingerprint density at radius 3 is 2.61 bits per heavy atom. The Balaban J connectivity index is 1.51. The van der Waals surface area contributed by atoms with E-state index in [0.29, 0.717) is 10.8 Å². The Bertz CT molecular complexity index is 1590. The smallest absolute Gasteiger partial charge is 0.162 e. The Kier molecular flexibility index (Phi) is 4.08. The second-order valence-corrected chi connectivity index (χ2v) is 7.85. The molecule has 0 unspecified atom stereocenters. The normalized spacial score (nSPS) is 11.4. The van der Waals surface area contributed by atoms with Crippen molar-refractivity contribution in [2.24, 2.45) is 0 Å². The largest absolute Gasteiger partial charge is 0.340 e. The zero-order valence-corrected chi connectivity index (χ0v) is 17.1. The molecule has 0 saturated heterocycles. The van der Waals surface area contributed by atoms with Crippen LogP contribution in [0.15, 0.2) is 85.1 Å². The average molecular weight is 422 g/mol. The van der Waals surface area contributed by atoms with Crippen LogP contribution in [0.5, 0.6) is 0 Å². The molecule has 6 aromatic rings. The van der Waals surface area contributed by atoms with Crippen LogP contribution in [-0.4, -0.2) is 20.2 Å². The maximum absolute atomic E-state index is 6.27. The van der Waals surface area contributed by atoms with Crippen molar-refractivity contribution in [2.45, 2.75) is 0 Å². The van der Waals surface area contributed by atoms with Gasteiger partial charge in [0.1, 0.15) is 5.82 Å². The van der Waals surface area contributed by atoms with Crippen LogP contribution in [0.4, 0.5) is 11.5 Å². The van der Waals surface area contributed by atoms with Crippen molar-refractivity contribution in [3.8, 4) is 11.4 Å². The molecule has 148 valence electrons. The van der Waals surface area contributed by atoms with Crippen molar-refractivity contribution in [3.05, 3.63) is 90.1 Å². The van der Waals surface area contributed by atoms with Gasteiger partial charge in [-0.3, -0.25) is 5.10 Å². The Labute approximate surface area is 182 Å². The van der Waals surface area contributed by atoms with E-state index in [1.165, 1.54) is 5.39 Å². The molecule has 4 aromatic carbocycles. The second-order valence-electron chi connectivity index (χ2n) is 7.42. The molecular weight excluding hydrogens is 406 g/mol. The third kappa shape index (κ3) is 3.25. The molecular formula is C25H16ClN5. The van der Waals surface area contributed by atoms with Gasteiger partial charge in [0.05, 0.1) is 17.2 Å². The molecule has 0 amide bonds. The highest BCUT2D eigenvalue weighted by molar-refractivity contribution is 6.31. The first-order valence-electron chi connectivity index (χ1n) is 9.90. The summed E-state index contributed by atoms with van der Waals surface area (Å²) in [5, 5.41) is 15.4. The Morgan fingerprint density at radius 2 is 1.68 bits per heavy atom. The molecule has 0 bridgehead atoms. The van der Waals surface area contributed by atoms with Crippen molar-refractivity contribution in [1.29, 1.82) is 0 Å². The first kappa shape index (κ1) is 17.9. The number of aromatic nitrogens is 4. The fraction of sp³-hybridized carbons (Fsp3) is 0. The first-order valence-corrected chi connectivity index (χ1v) is 10.3. The molecule has 0 atom stereocenters. The van der Waals surface area contributed by atoms with E-state index in [4.69, 9.17) is 21.6 Å². The summed E-state index contributed by atoms with van der Waals surface area (Å²) in [5.41, 5.74) is 3.65. The number of benzene rings is 4. The van der Waals surface area contributed by atoms with Crippen molar-refractivity contribution in [2.75, 3.05) is 5.32 Å². The predicted molar refractivity (Wildman–Crippen MR) is 127 cm³/mol. The minimum atomic E-state index is 0.640. The molecule has 0 spiro atoms. The van der Waals surface area contributed by atoms with Crippen LogP contribution in [0, 0.1) is 0 Å². The van der Waals surface area contributed by atoms with E-state index in [0.717, 1.165) is 44.3 Å². The number of anilines is 2. The molecule has 0 aliphatic rings. The summed E-state index contributed by atoms with van der Waals surface area (Å²) >= 11 is 6.27. The lowest BCUT2D eigenvalue weighted by atomic mass is 10.1. The minimum absolute atomic E-state index is 0.640. The fourth-order valence-electron chi connectivity index (χ4n) is 3.81. The van der Waals surface area contributed by atoms with E-state index >= 15 is 0 Å². The summed E-state index contributed by atoms with van der Waals surface area (Å²) in [5.74, 6) is 1.38. The van der Waals surface area contributed by atoms with Gasteiger partial charge in [-0.25, -0.2) is 9.97 Å². The molecule has 2 N–H and O–H groups in total. The number of rotatable bonds is 3. The van der Waals surface area contributed by atoms with E-state index in [-0.39, 0.29) is 0 Å². The van der Waals surface area contributed by atoms with Crippen LogP contribution < -0.4 is 5.32 Å². The van der Waals surface area contributed by atoms with Crippen LogP contribution in [-0.2, 0) is 0 Å². The molecule has 5 nitrogen and oxygen atoms in total. The molecule has 0 fully saturated rings. The molecule has 0 radical (unpaired) electrons. The maximum atomic E-state index is 6.27. The zero-order chi connectivity index (χ0) is 20.8. The van der Waals surface area contributed by atoms with Gasteiger partial charge >= 0.3 is 0 Å². The van der Waals surface area contributed by atoms with Gasteiger partial charge in [0.15, 0.2) is 5.82 Å². The summed E-state index contributed by atoms with van der Waals surface area (Å²) in [6, 6.07) is 26.2. The second kappa shape index (κ2) is 7.07. The molecule has 31 heavy (non-hydrogen) atoms. The van der Waals surface area contributed by atoms with Crippen LogP contribution in [0.2, 0.25) is 5.02 Å². The Morgan fingerprint density at radius 1 is 0.774 bits per heavy atom. The van der Waals surface area contributed by atoms with Gasteiger partial charge in [-0.2, -0.15) is 5.10 Å². The number of nitrogens with zero attached hydrogens (tertiary/aromatic N) is 3. The third-order valence-electron chi connectivity index (χ3n) is 5.37. The van der Waals surface area contributed by atoms with Gasteiger partial charge in [0.25, 0.3) is 0 Å². The lowest BCUT2D eigenvalue weighted by molar-refractivity contribution is 1.12. The first-order chi connectivity index (χ1) is 15.2. The SMILES string of the molecule is Clc1ccc2c(Nc3ccc4[nH]ncc4c3)nc(-c3ccc4ccccc4c3)nc2c1. The van der Waals surface area contributed by atoms with Gasteiger partial charge < -0.3 is 5.32 Å². The van der Waals surface area contributed by atoms with Gasteiger partial charge in [0, 0.05) is 27.0 Å². The van der Waals surface area contributed by atoms with Crippen LogP contribution >= 0.6 is 11.6 Å². The van der Waals surface area contributed by atoms with Gasteiger partial charge in [-0.05, 0) is 53.2 Å². The standard InChI is InChI=1S/C25H16ClN5/c26-19-7-9-21-23(13-19)29-24(17-6-5-15-3-1-2-4-16(15)11-17)30-25(21)28-20-8-10-22-18(12-20)14-27-31-22/h1-14H,(H,27,31)(H,28,29,30). The number of hydrogen-bond acceptors (Lipinski definition) is 4. The quantitative estimate of drug-likeness (QED) is 0.332. The topological polar surface area (TPSA) is 66.5 Å². The minimum Gasteiger partial charge on any atom is -0.340 e. The van der Waals surface area contributed by atoms with Crippen LogP contribution in [0.25, 0.3) is 44.0 Å². The monoisotopic (exact) mass is 421 g/mol. The fourth-order valence-corrected chi connectivity index (χ4v) is 3.98. The van der Waals surface area contributed by atoms with E-state index in [2.05, 4.69) is 45.8 Å². The number of halogens is 1. The zero-order valence-electron chi connectivity index (χ0n) is 16.3. The number of aromatic amines is 1. The van der Waals surface area contributed by atoms with E-state index in [1.807, 2.05) is 48.5 Å². The van der Waals surface area contributed by atoms with E-state index in [9.17, 15) is 0 Å². The third-order valence-corrected chi connectivity index (χ3v) is 5.60. The highest BCUT2D eigenvalue weighted by Gasteiger charge is 2.12. The summed E-state index contributed by atoms with van der Waals surface area (Å²) in [6.07, 6.45) is 1.80. The maximum Gasteiger partial charge on any atom is 0.162 e. The molecule has 0 saturated carbocycles. The van der Waals surface area contributed by atoms with Crippen molar-refractivity contribution in [1.82, 2.24) is 20.2 Å². The summed E-state index contributed by atoms with van der Waals surface area (Å²) in [7, 11) is 0. The number of hydrogen-bond donors (Lipinski definition) is 2. The lowest BCUT2D eigenvalue weighted by Gasteiger charge is -2.12. The molecule has 2 aromatic heterocycles. The number of fused-ring (bicyclic) bond motifs is 3. The van der Waals surface area contributed by atoms with Crippen molar-refractivity contribution >= 4 is 55.7 Å². The molecule has 0 aliphatic heterocycles. The molecule has 6 rings (SSSR count). The number of H-pyrrole nitrogens is 1. The molecule has 6 heteroatoms. The highest BCUT2D eigenvalue weighted by atomic mass is 35.5. The van der Waals surface area contributed by atoms with E-state index < -0.39 is 0 Å². The van der Waals surface area contributed by atoms with Crippen molar-refractivity contribution < 1.29 is 0 Å². The predicted octanol–water partition coefficient (Wildman–Crippen LogP) is 6.72. The number of nitrogens with one attached hydrogen (secondary N) is 2. The average Bonchev–Trinajstić information content (AvgIpc) is 3.26. The highest BCUT2D eigenvalue weighted by Crippen LogP contribution is 2.31. The summed E-state index contributed by atoms with van der Waals surface area (Å²) < 4.78 is 0. The summed E-state index contributed by atoms with van der Waals surface area (Å²) in [6.45, 7) is 0. The van der Waals surface area contributed by atoms with E-state index in [1.54, 1.807) is 6.20 Å². The molecule has 0 aliphatic carbocycles. The van der Waals surface area contributed by atoms with Gasteiger partial charge in [-0.15, -0.1) is 0 Å². The Hall–Kier alpha value is -3.96. The lowest BCUT2D eigenvalue weighted by Crippen LogP contribution is -1.99.